The summed E-state index contributed by atoms with van der Waals surface area (Å²) in [4.78, 5) is 19.6. The SMILES string of the molecule is c1ccc2c(c1)c1ccc3c4c1c1n2c2ccccc2[n+]1C41c2c(ccc4c5ccccc5n5c6nccnc6[n+]1c5c24)O3.c1ccc2c(c1)c1ccc3c4c1c1n2c2ccccc2[n+]1C41c2c(ccc4c5ccccc5n5c6ncncc6[n+]1c5c24)O3.c1ccc2c(c1)c1ccc3c4c1c1n2c2ccccc2[n+]1C41c2c(ccc4c5ccccc5n5c6nnccc6[n+]1c5c24)O3. The summed E-state index contributed by atoms with van der Waals surface area (Å²) in [6.45, 7) is 0. The molecule has 3 unspecified atom stereocenters. The van der Waals surface area contributed by atoms with Crippen LogP contribution in [0.4, 0.5) is 0 Å². The molecule has 30 aromatic rings. The number of para-hydroxylation sites is 12. The van der Waals surface area contributed by atoms with Gasteiger partial charge in [0, 0.05) is 65.3 Å². The Labute approximate surface area is 737 Å². The number of benzene rings is 15. The van der Waals surface area contributed by atoms with Crippen molar-refractivity contribution >= 4 is 231 Å². The number of hydrogen-bond donors (Lipinski definition) is 0. The van der Waals surface area contributed by atoms with Crippen LogP contribution in [0, 0.1) is 0 Å². The molecule has 0 N–H and O–H groups in total. The smallest absolute Gasteiger partial charge is 0.327 e. The van der Waals surface area contributed by atoms with E-state index in [1.54, 1.807) is 12.5 Å². The molecule has 0 saturated carbocycles. The standard InChI is InChI=1S/3C37H18N6O/c1-3-9-23-19(7-1)21-13-15-28-32-30(21)35-40(23)25-11-5-6-12-26(25)42(35)37(32)33-29(44-28)16-14-22-20-8-2-4-10-24(20)41-34-27(17-38-18-39-34)43(37)36(41)31(22)33;1-3-9-23-19(7-1)21-13-15-28-32-30(21)35-40(23)25-11-5-6-12-26(25)42(35)37(32)33-29(44-28)16-14-22-20-8-2-4-10-24(20)41-34-27(17-18-38-39-34)43(37)36(41)31(22)33;1-3-9-23-19(7-1)21-13-15-27-31-29(21)35-40(23)25-11-5-6-12-26(25)42(35)37(31)32-28(44-27)16-14-22-20-8-2-4-10-24(20)41-33-34(39-18-17-38-33)43(37)36(41)30(22)32/h3*1-18H/q3*+2. The molecule has 15 aromatic heterocycles. The first-order chi connectivity index (χ1) is 65.6. The predicted octanol–water partition coefficient (Wildman–Crippen LogP) is 19.5. The molecule has 0 bridgehead atoms. The minimum absolute atomic E-state index is 0.730. The molecule has 0 fully saturated rings. The number of fused-ring (bicyclic) bond motifs is 36. The molecule has 0 amide bonds. The van der Waals surface area contributed by atoms with Crippen molar-refractivity contribution in [1.82, 2.24) is 56.5 Å². The molecule has 3 atom stereocenters. The van der Waals surface area contributed by atoms with E-state index >= 15 is 0 Å². The molecular formula is C111H54N18O3+6. The average molecular weight is 1690 g/mol. The quantitative estimate of drug-likeness (QED) is 0.107. The summed E-state index contributed by atoms with van der Waals surface area (Å²) < 4.78 is 50.4. The maximum Gasteiger partial charge on any atom is 0.327 e. The third-order valence-electron chi connectivity index (χ3n) is 31.6. The summed E-state index contributed by atoms with van der Waals surface area (Å²) in [6.07, 6.45) is 9.10. The lowest BCUT2D eigenvalue weighted by atomic mass is 9.85. The van der Waals surface area contributed by atoms with Gasteiger partial charge in [-0.05, 0) is 151 Å². The monoisotopic (exact) mass is 1690 g/mol. The van der Waals surface area contributed by atoms with E-state index < -0.39 is 17.0 Å². The molecule has 21 nitrogen and oxygen atoms in total. The summed E-state index contributed by atoms with van der Waals surface area (Å²) in [7, 11) is 0. The van der Waals surface area contributed by atoms with Crippen LogP contribution in [-0.2, 0) is 17.0 Å². The van der Waals surface area contributed by atoms with E-state index in [1.165, 1.54) is 197 Å². The fourth-order valence-corrected chi connectivity index (χ4v) is 27.7. The van der Waals surface area contributed by atoms with Gasteiger partial charge in [-0.3, -0.25) is 0 Å². The first-order valence-corrected chi connectivity index (χ1v) is 44.8. The Hall–Kier alpha value is -18.2. The largest absolute Gasteiger partial charge is 0.456 e. The van der Waals surface area contributed by atoms with Crippen LogP contribution in [0.5, 0.6) is 34.5 Å². The Balaban J connectivity index is 0.0000000844. The molecule has 0 aliphatic carbocycles. The maximum absolute atomic E-state index is 6.92. The van der Waals surface area contributed by atoms with E-state index in [2.05, 4.69) is 361 Å². The molecule has 21 heteroatoms. The van der Waals surface area contributed by atoms with E-state index in [-0.39, 0.29) is 0 Å². The van der Waals surface area contributed by atoms with Gasteiger partial charge in [-0.1, -0.05) is 146 Å². The fraction of sp³-hybridized carbons (Fsp3) is 0.0270. The molecule has 24 heterocycles. The molecule has 132 heavy (non-hydrogen) atoms. The molecule has 3 spiro atoms. The predicted molar refractivity (Wildman–Crippen MR) is 502 cm³/mol. The van der Waals surface area contributed by atoms with Crippen molar-refractivity contribution in [2.45, 2.75) is 17.0 Å². The molecule has 9 aliphatic heterocycles. The van der Waals surface area contributed by atoms with Gasteiger partial charge in [0.05, 0.1) is 56.5 Å². The number of imidazole rings is 6. The zero-order chi connectivity index (χ0) is 84.2. The van der Waals surface area contributed by atoms with Gasteiger partial charge < -0.3 is 14.2 Å². The van der Waals surface area contributed by atoms with E-state index in [0.717, 1.165) is 102 Å². The Bertz CT molecular complexity index is 9660. The Morgan fingerprint density at radius 2 is 0.508 bits per heavy atom. The highest BCUT2D eigenvalue weighted by molar-refractivity contribution is 6.24. The van der Waals surface area contributed by atoms with E-state index in [0.29, 0.717) is 0 Å². The molecule has 600 valence electrons. The zero-order valence-electron chi connectivity index (χ0n) is 69.0. The summed E-state index contributed by atoms with van der Waals surface area (Å²) >= 11 is 0. The minimum atomic E-state index is -0.765. The first-order valence-electron chi connectivity index (χ1n) is 44.8. The summed E-state index contributed by atoms with van der Waals surface area (Å²) in [5.74, 6) is 5.35. The van der Waals surface area contributed by atoms with Gasteiger partial charge in [0.2, 0.25) is 16.7 Å². The number of rotatable bonds is 0. The molecular weight excluding hydrogens is 1630 g/mol. The highest BCUT2D eigenvalue weighted by atomic mass is 16.5. The highest BCUT2D eigenvalue weighted by Gasteiger charge is 2.71. The third kappa shape index (κ3) is 6.27. The van der Waals surface area contributed by atoms with Crippen LogP contribution in [0.3, 0.4) is 0 Å². The van der Waals surface area contributed by atoms with Gasteiger partial charge in [-0.15, -0.1) is 10.1 Å². The normalized spacial score (nSPS) is 17.4. The van der Waals surface area contributed by atoms with Gasteiger partial charge in [-0.25, -0.2) is 14.4 Å². The van der Waals surface area contributed by atoms with Crippen molar-refractivity contribution in [1.29, 1.82) is 0 Å². The third-order valence-corrected chi connectivity index (χ3v) is 31.6. The summed E-state index contributed by atoms with van der Waals surface area (Å²) in [5.41, 5.74) is 31.2. The molecule has 0 radical (unpaired) electrons. The Morgan fingerprint density at radius 1 is 0.220 bits per heavy atom. The molecule has 15 aromatic carbocycles. The van der Waals surface area contributed by atoms with Gasteiger partial charge >= 0.3 is 39.6 Å². The molecule has 39 rings (SSSR count). The van der Waals surface area contributed by atoms with Crippen molar-refractivity contribution < 1.29 is 41.6 Å². The fourth-order valence-electron chi connectivity index (χ4n) is 27.7. The van der Waals surface area contributed by atoms with Crippen LogP contribution in [0.25, 0.3) is 231 Å². The van der Waals surface area contributed by atoms with Crippen LogP contribution >= 0.6 is 0 Å². The lowest BCUT2D eigenvalue weighted by molar-refractivity contribution is -0.924. The van der Waals surface area contributed by atoms with Gasteiger partial charge in [0.15, 0.2) is 33.1 Å². The number of hydrogen-bond acceptors (Lipinski definition) is 9. The lowest BCUT2D eigenvalue weighted by Gasteiger charge is -2.31. The van der Waals surface area contributed by atoms with Gasteiger partial charge in [-0.2, -0.15) is 59.5 Å². The highest BCUT2D eigenvalue weighted by Crippen LogP contribution is 2.64. The second-order valence-corrected chi connectivity index (χ2v) is 36.7. The van der Waals surface area contributed by atoms with Crippen LogP contribution in [0.15, 0.2) is 328 Å². The van der Waals surface area contributed by atoms with Crippen LogP contribution < -0.4 is 41.6 Å². The zero-order valence-corrected chi connectivity index (χ0v) is 69.0. The number of nitrogens with zero attached hydrogens (tertiary/aromatic N) is 18. The van der Waals surface area contributed by atoms with Crippen molar-refractivity contribution in [3.05, 3.63) is 362 Å². The summed E-state index contributed by atoms with van der Waals surface area (Å²) in [5, 5.41) is 31.1. The van der Waals surface area contributed by atoms with Crippen molar-refractivity contribution in [3.8, 4) is 34.5 Å². The number of ether oxygens (including phenoxy) is 3. The Kier molecular flexibility index (Phi) is 10.1. The minimum Gasteiger partial charge on any atom is -0.456 e. The average Bonchev–Trinajstić information content (AvgIpc) is 1.46. The number of pyridine rings is 6. The van der Waals surface area contributed by atoms with Crippen molar-refractivity contribution in [3.63, 3.8) is 0 Å². The second kappa shape index (κ2) is 20.7. The van der Waals surface area contributed by atoms with Crippen LogP contribution in [0.2, 0.25) is 0 Å². The number of aromatic nitrogens is 18. The topological polar surface area (TPSA) is 155 Å². The van der Waals surface area contributed by atoms with Crippen molar-refractivity contribution in [2.75, 3.05) is 0 Å². The van der Waals surface area contributed by atoms with Gasteiger partial charge in [0.1, 0.15) is 108 Å². The van der Waals surface area contributed by atoms with E-state index in [4.69, 9.17) is 34.3 Å². The maximum atomic E-state index is 6.92. The molecule has 9 aliphatic rings. The molecule has 0 saturated heterocycles. The van der Waals surface area contributed by atoms with E-state index in [9.17, 15) is 0 Å². The van der Waals surface area contributed by atoms with Gasteiger partial charge in [0.25, 0.3) is 28.3 Å². The van der Waals surface area contributed by atoms with Crippen LogP contribution in [0.1, 0.15) is 33.4 Å². The lowest BCUT2D eigenvalue weighted by Crippen LogP contribution is -2.72. The Morgan fingerprint density at radius 3 is 0.886 bits per heavy atom. The summed E-state index contributed by atoms with van der Waals surface area (Å²) in [6, 6.07) is 107. The second-order valence-electron chi connectivity index (χ2n) is 36.7. The first kappa shape index (κ1) is 64.5. The van der Waals surface area contributed by atoms with Crippen molar-refractivity contribution in [2.24, 2.45) is 0 Å². The van der Waals surface area contributed by atoms with E-state index in [1.807, 2.05) is 18.6 Å². The van der Waals surface area contributed by atoms with Crippen LogP contribution in [-0.4, -0.2) is 56.5 Å².